The summed E-state index contributed by atoms with van der Waals surface area (Å²) in [6.07, 6.45) is 0. The van der Waals surface area contributed by atoms with Crippen LogP contribution in [-0.4, -0.2) is 12.5 Å². The lowest BCUT2D eigenvalue weighted by molar-refractivity contribution is -0.115. The lowest BCUT2D eigenvalue weighted by Crippen LogP contribution is -2.30. The highest BCUT2D eigenvalue weighted by Crippen LogP contribution is 2.20. The van der Waals surface area contributed by atoms with Crippen molar-refractivity contribution in [1.29, 1.82) is 0 Å². The third-order valence-corrected chi connectivity index (χ3v) is 3.90. The summed E-state index contributed by atoms with van der Waals surface area (Å²) < 4.78 is 0. The topological polar surface area (TPSA) is 41.1 Å². The van der Waals surface area contributed by atoms with Crippen molar-refractivity contribution in [2.45, 2.75) is 19.9 Å². The first-order chi connectivity index (χ1) is 10.5. The summed E-state index contributed by atoms with van der Waals surface area (Å²) >= 11 is 11.8. The SMILES string of the molecule is Cc1ccc(Cl)cc1NC(=O)CN[C@@H](C)c1ccc(Cl)cc1. The maximum atomic E-state index is 12.0. The molecule has 0 spiro atoms. The summed E-state index contributed by atoms with van der Waals surface area (Å²) in [6.45, 7) is 4.15. The highest BCUT2D eigenvalue weighted by Gasteiger charge is 2.09. The Bertz CT molecular complexity index is 656. The predicted octanol–water partition coefficient (Wildman–Crippen LogP) is 4.59. The second kappa shape index (κ2) is 7.63. The summed E-state index contributed by atoms with van der Waals surface area (Å²) in [5, 5.41) is 7.34. The van der Waals surface area contributed by atoms with Crippen molar-refractivity contribution in [1.82, 2.24) is 5.32 Å². The van der Waals surface area contributed by atoms with Gasteiger partial charge in [-0.2, -0.15) is 0 Å². The molecule has 0 aliphatic carbocycles. The zero-order chi connectivity index (χ0) is 16.1. The number of carbonyl (C=O) groups is 1. The molecule has 0 radical (unpaired) electrons. The number of carbonyl (C=O) groups excluding carboxylic acids is 1. The maximum Gasteiger partial charge on any atom is 0.238 e. The Hall–Kier alpha value is -1.55. The average Bonchev–Trinajstić information content (AvgIpc) is 2.49. The molecule has 0 aliphatic rings. The largest absolute Gasteiger partial charge is 0.325 e. The lowest BCUT2D eigenvalue weighted by atomic mass is 10.1. The van der Waals surface area contributed by atoms with Crippen LogP contribution in [0.1, 0.15) is 24.1 Å². The highest BCUT2D eigenvalue weighted by molar-refractivity contribution is 6.31. The first-order valence-electron chi connectivity index (χ1n) is 7.00. The average molecular weight is 337 g/mol. The molecule has 0 bridgehead atoms. The van der Waals surface area contributed by atoms with E-state index in [0.29, 0.717) is 10.0 Å². The van der Waals surface area contributed by atoms with Crippen LogP contribution in [0.15, 0.2) is 42.5 Å². The van der Waals surface area contributed by atoms with Gasteiger partial charge in [0.1, 0.15) is 0 Å². The molecule has 2 rings (SSSR count). The molecular weight excluding hydrogens is 319 g/mol. The Morgan fingerprint density at radius 1 is 1.09 bits per heavy atom. The number of hydrogen-bond acceptors (Lipinski definition) is 2. The van der Waals surface area contributed by atoms with Gasteiger partial charge in [0.25, 0.3) is 0 Å². The first kappa shape index (κ1) is 16.8. The van der Waals surface area contributed by atoms with E-state index in [2.05, 4.69) is 10.6 Å². The molecule has 3 nitrogen and oxygen atoms in total. The second-order valence-electron chi connectivity index (χ2n) is 5.16. The van der Waals surface area contributed by atoms with Crippen molar-refractivity contribution >= 4 is 34.8 Å². The van der Waals surface area contributed by atoms with Gasteiger partial charge in [-0.25, -0.2) is 0 Å². The van der Waals surface area contributed by atoms with Gasteiger partial charge in [0.2, 0.25) is 5.91 Å². The van der Waals surface area contributed by atoms with Gasteiger partial charge in [0, 0.05) is 21.8 Å². The first-order valence-corrected chi connectivity index (χ1v) is 7.76. The number of hydrogen-bond donors (Lipinski definition) is 2. The Balaban J connectivity index is 1.89. The van der Waals surface area contributed by atoms with Crippen molar-refractivity contribution in [2.24, 2.45) is 0 Å². The van der Waals surface area contributed by atoms with Gasteiger partial charge in [-0.15, -0.1) is 0 Å². The molecule has 0 heterocycles. The van der Waals surface area contributed by atoms with Crippen molar-refractivity contribution in [3.8, 4) is 0 Å². The summed E-state index contributed by atoms with van der Waals surface area (Å²) in [5.41, 5.74) is 2.79. The molecule has 0 saturated carbocycles. The van der Waals surface area contributed by atoms with E-state index in [9.17, 15) is 4.79 Å². The molecule has 1 amide bonds. The number of nitrogens with one attached hydrogen (secondary N) is 2. The van der Waals surface area contributed by atoms with Crippen LogP contribution in [0.3, 0.4) is 0 Å². The van der Waals surface area contributed by atoms with Gasteiger partial charge in [-0.05, 0) is 49.2 Å². The number of benzene rings is 2. The third-order valence-electron chi connectivity index (χ3n) is 3.41. The zero-order valence-corrected chi connectivity index (χ0v) is 14.0. The Labute approximate surface area is 140 Å². The molecule has 2 aromatic carbocycles. The van der Waals surface area contributed by atoms with E-state index in [4.69, 9.17) is 23.2 Å². The van der Waals surface area contributed by atoms with Crippen molar-refractivity contribution < 1.29 is 4.79 Å². The summed E-state index contributed by atoms with van der Waals surface area (Å²) in [6, 6.07) is 13.0. The van der Waals surface area contributed by atoms with Gasteiger partial charge in [-0.1, -0.05) is 41.4 Å². The highest BCUT2D eigenvalue weighted by atomic mass is 35.5. The van der Waals surface area contributed by atoms with E-state index in [1.807, 2.05) is 44.2 Å². The van der Waals surface area contributed by atoms with Crippen LogP contribution < -0.4 is 10.6 Å². The van der Waals surface area contributed by atoms with Crippen molar-refractivity contribution in [3.05, 3.63) is 63.6 Å². The van der Waals surface area contributed by atoms with Gasteiger partial charge in [0.05, 0.1) is 6.54 Å². The van der Waals surface area contributed by atoms with E-state index < -0.39 is 0 Å². The molecular formula is C17H18Cl2N2O. The minimum absolute atomic E-state index is 0.0588. The number of halogens is 2. The predicted molar refractivity (Wildman–Crippen MR) is 92.7 cm³/mol. The lowest BCUT2D eigenvalue weighted by Gasteiger charge is -2.15. The van der Waals surface area contributed by atoms with Crippen LogP contribution in [0, 0.1) is 6.92 Å². The Kier molecular flexibility index (Phi) is 5.83. The summed E-state index contributed by atoms with van der Waals surface area (Å²) in [5.74, 6) is -0.105. The van der Waals surface area contributed by atoms with Gasteiger partial charge >= 0.3 is 0 Å². The Morgan fingerprint density at radius 2 is 1.73 bits per heavy atom. The number of amides is 1. The normalized spacial score (nSPS) is 12.0. The summed E-state index contributed by atoms with van der Waals surface area (Å²) in [7, 11) is 0. The molecule has 0 fully saturated rings. The maximum absolute atomic E-state index is 12.0. The molecule has 22 heavy (non-hydrogen) atoms. The minimum atomic E-state index is -0.105. The van der Waals surface area contributed by atoms with Crippen LogP contribution in [0.2, 0.25) is 10.0 Å². The Morgan fingerprint density at radius 3 is 2.41 bits per heavy atom. The zero-order valence-electron chi connectivity index (χ0n) is 12.5. The van der Waals surface area contributed by atoms with Crippen LogP contribution >= 0.6 is 23.2 Å². The molecule has 0 aromatic heterocycles. The van der Waals surface area contributed by atoms with Crippen LogP contribution in [0.5, 0.6) is 0 Å². The fraction of sp³-hybridized carbons (Fsp3) is 0.235. The standard InChI is InChI=1S/C17H18Cl2N2O/c1-11-3-6-15(19)9-16(11)21-17(22)10-20-12(2)13-4-7-14(18)8-5-13/h3-9,12,20H,10H2,1-2H3,(H,21,22)/t12-/m0/s1. The molecule has 2 aromatic rings. The molecule has 2 N–H and O–H groups in total. The van der Waals surface area contributed by atoms with E-state index in [-0.39, 0.29) is 18.5 Å². The molecule has 0 aliphatic heterocycles. The molecule has 0 unspecified atom stereocenters. The number of rotatable bonds is 5. The van der Waals surface area contributed by atoms with E-state index in [0.717, 1.165) is 16.8 Å². The van der Waals surface area contributed by atoms with Crippen molar-refractivity contribution in [3.63, 3.8) is 0 Å². The van der Waals surface area contributed by atoms with Gasteiger partial charge in [0.15, 0.2) is 0 Å². The second-order valence-corrected chi connectivity index (χ2v) is 6.03. The van der Waals surface area contributed by atoms with E-state index in [1.165, 1.54) is 0 Å². The monoisotopic (exact) mass is 336 g/mol. The molecule has 1 atom stereocenters. The van der Waals surface area contributed by atoms with Crippen molar-refractivity contribution in [2.75, 3.05) is 11.9 Å². The van der Waals surface area contributed by atoms with Crippen LogP contribution in [0.25, 0.3) is 0 Å². The summed E-state index contributed by atoms with van der Waals surface area (Å²) in [4.78, 5) is 12.0. The molecule has 5 heteroatoms. The fourth-order valence-electron chi connectivity index (χ4n) is 2.04. The number of anilines is 1. The van der Waals surface area contributed by atoms with Gasteiger partial charge in [-0.3, -0.25) is 4.79 Å². The number of aryl methyl sites for hydroxylation is 1. The third kappa shape index (κ3) is 4.73. The van der Waals surface area contributed by atoms with Crippen LogP contribution in [-0.2, 0) is 4.79 Å². The van der Waals surface area contributed by atoms with E-state index in [1.54, 1.807) is 12.1 Å². The van der Waals surface area contributed by atoms with E-state index >= 15 is 0 Å². The van der Waals surface area contributed by atoms with Crippen LogP contribution in [0.4, 0.5) is 5.69 Å². The molecule has 0 saturated heterocycles. The smallest absolute Gasteiger partial charge is 0.238 e. The minimum Gasteiger partial charge on any atom is -0.325 e. The quantitative estimate of drug-likeness (QED) is 0.838. The fourth-order valence-corrected chi connectivity index (χ4v) is 2.34. The van der Waals surface area contributed by atoms with Gasteiger partial charge < -0.3 is 10.6 Å². The molecule has 116 valence electrons.